The van der Waals surface area contributed by atoms with E-state index < -0.39 is 11.7 Å². The fraction of sp³-hybridized carbons (Fsp3) is 0.600. The average Bonchev–Trinajstić information content (AvgIpc) is 2.37. The molecule has 0 radical (unpaired) electrons. The molecule has 0 aliphatic rings. The lowest BCUT2D eigenvalue weighted by molar-refractivity contribution is -0.137. The third-order valence-electron chi connectivity index (χ3n) is 3.27. The summed E-state index contributed by atoms with van der Waals surface area (Å²) in [6.45, 7) is 7.35. The van der Waals surface area contributed by atoms with Crippen molar-refractivity contribution >= 4 is 21.6 Å². The first-order chi connectivity index (χ1) is 9.60. The number of rotatable bonds is 6. The van der Waals surface area contributed by atoms with E-state index in [4.69, 9.17) is 5.73 Å². The van der Waals surface area contributed by atoms with Crippen LogP contribution in [0.5, 0.6) is 0 Å². The Morgan fingerprint density at radius 3 is 2.33 bits per heavy atom. The molecule has 0 saturated carbocycles. The number of anilines is 1. The van der Waals surface area contributed by atoms with Gasteiger partial charge >= 0.3 is 6.18 Å². The maximum Gasteiger partial charge on any atom is 0.418 e. The van der Waals surface area contributed by atoms with Crippen LogP contribution in [0.2, 0.25) is 0 Å². The number of halogens is 4. The smallest absolute Gasteiger partial charge is 0.370 e. The highest BCUT2D eigenvalue weighted by molar-refractivity contribution is 9.10. The first-order valence-corrected chi connectivity index (χ1v) is 7.72. The van der Waals surface area contributed by atoms with Crippen molar-refractivity contribution < 1.29 is 13.2 Å². The summed E-state index contributed by atoms with van der Waals surface area (Å²) in [5.74, 6) is 0. The fourth-order valence-electron chi connectivity index (χ4n) is 2.15. The highest BCUT2D eigenvalue weighted by Gasteiger charge is 2.35. The second-order valence-corrected chi connectivity index (χ2v) is 6.86. The normalized spacial score (nSPS) is 12.6. The van der Waals surface area contributed by atoms with Crippen molar-refractivity contribution in [2.24, 2.45) is 11.1 Å². The van der Waals surface area contributed by atoms with Gasteiger partial charge in [-0.05, 0) is 36.6 Å². The molecule has 0 aliphatic carbocycles. The van der Waals surface area contributed by atoms with Crippen LogP contribution < -0.4 is 10.6 Å². The van der Waals surface area contributed by atoms with Crippen LogP contribution in [0.25, 0.3) is 0 Å². The quantitative estimate of drug-likeness (QED) is 0.792. The summed E-state index contributed by atoms with van der Waals surface area (Å²) >= 11 is 3.11. The lowest BCUT2D eigenvalue weighted by Gasteiger charge is -2.34. The molecule has 1 aromatic rings. The van der Waals surface area contributed by atoms with Gasteiger partial charge in [0.25, 0.3) is 0 Å². The molecule has 21 heavy (non-hydrogen) atoms. The van der Waals surface area contributed by atoms with E-state index >= 15 is 0 Å². The molecule has 0 bridgehead atoms. The van der Waals surface area contributed by atoms with E-state index in [0.717, 1.165) is 12.5 Å². The maximum atomic E-state index is 13.3. The largest absolute Gasteiger partial charge is 0.418 e. The maximum absolute atomic E-state index is 13.3. The summed E-state index contributed by atoms with van der Waals surface area (Å²) in [4.78, 5) is 1.78. The summed E-state index contributed by atoms with van der Waals surface area (Å²) < 4.78 is 40.2. The molecule has 0 aromatic heterocycles. The SMILES string of the molecule is CCCN(CC(C)(C)CN)c1ccc(Br)cc1C(F)(F)F. The molecule has 0 amide bonds. The molecule has 0 fully saturated rings. The minimum Gasteiger partial charge on any atom is -0.370 e. The molecular formula is C15H22BrF3N2. The fourth-order valence-corrected chi connectivity index (χ4v) is 2.51. The molecule has 0 spiro atoms. The van der Waals surface area contributed by atoms with Crippen LogP contribution >= 0.6 is 15.9 Å². The van der Waals surface area contributed by atoms with Gasteiger partial charge in [0.2, 0.25) is 0 Å². The van der Waals surface area contributed by atoms with Crippen molar-refractivity contribution in [2.45, 2.75) is 33.4 Å². The number of nitrogens with zero attached hydrogens (tertiary/aromatic N) is 1. The number of hydrogen-bond acceptors (Lipinski definition) is 2. The van der Waals surface area contributed by atoms with Crippen LogP contribution in [0.15, 0.2) is 22.7 Å². The predicted molar refractivity (Wildman–Crippen MR) is 84.5 cm³/mol. The lowest BCUT2D eigenvalue weighted by Crippen LogP contribution is -2.40. The van der Waals surface area contributed by atoms with E-state index in [0.29, 0.717) is 24.1 Å². The van der Waals surface area contributed by atoms with Gasteiger partial charge in [0.05, 0.1) is 5.56 Å². The first-order valence-electron chi connectivity index (χ1n) is 6.92. The number of benzene rings is 1. The van der Waals surface area contributed by atoms with Gasteiger partial charge in [-0.1, -0.05) is 36.7 Å². The van der Waals surface area contributed by atoms with Crippen LogP contribution in [0.1, 0.15) is 32.8 Å². The summed E-state index contributed by atoms with van der Waals surface area (Å²) in [6, 6.07) is 4.30. The molecule has 0 aliphatic heterocycles. The minimum atomic E-state index is -4.38. The van der Waals surface area contributed by atoms with Crippen LogP contribution in [-0.4, -0.2) is 19.6 Å². The van der Waals surface area contributed by atoms with Crippen molar-refractivity contribution in [3.63, 3.8) is 0 Å². The molecule has 2 N–H and O–H groups in total. The van der Waals surface area contributed by atoms with Crippen LogP contribution in [-0.2, 0) is 6.18 Å². The Balaban J connectivity index is 3.25. The van der Waals surface area contributed by atoms with Gasteiger partial charge in [-0.3, -0.25) is 0 Å². The van der Waals surface area contributed by atoms with E-state index in [1.165, 1.54) is 6.07 Å². The number of alkyl halides is 3. The van der Waals surface area contributed by atoms with Crippen molar-refractivity contribution in [1.29, 1.82) is 0 Å². The predicted octanol–water partition coefficient (Wildman–Crippen LogP) is 4.67. The summed E-state index contributed by atoms with van der Waals surface area (Å²) in [6.07, 6.45) is -3.61. The number of nitrogens with two attached hydrogens (primary N) is 1. The molecule has 0 atom stereocenters. The standard InChI is InChI=1S/C15H22BrF3N2/c1-4-7-21(10-14(2,3)9-20)13-6-5-11(16)8-12(13)15(17,18)19/h5-6,8H,4,7,9-10,20H2,1-3H3. The Morgan fingerprint density at radius 2 is 1.86 bits per heavy atom. The Hall–Kier alpha value is -0.750. The van der Waals surface area contributed by atoms with Gasteiger partial charge in [0, 0.05) is 23.2 Å². The van der Waals surface area contributed by atoms with Gasteiger partial charge in [0.1, 0.15) is 0 Å². The Bertz CT molecular complexity index is 472. The van der Waals surface area contributed by atoms with Crippen molar-refractivity contribution in [3.05, 3.63) is 28.2 Å². The zero-order chi connectivity index (χ0) is 16.3. The minimum absolute atomic E-state index is 0.217. The zero-order valence-corrected chi connectivity index (χ0v) is 14.2. The molecule has 1 rings (SSSR count). The van der Waals surface area contributed by atoms with E-state index in [9.17, 15) is 13.2 Å². The molecule has 1 aromatic carbocycles. The van der Waals surface area contributed by atoms with Crippen LogP contribution in [0, 0.1) is 5.41 Å². The second kappa shape index (κ2) is 7.01. The van der Waals surface area contributed by atoms with Crippen LogP contribution in [0.4, 0.5) is 18.9 Å². The summed E-state index contributed by atoms with van der Waals surface area (Å²) in [7, 11) is 0. The van der Waals surface area contributed by atoms with Crippen molar-refractivity contribution in [2.75, 3.05) is 24.5 Å². The van der Waals surface area contributed by atoms with E-state index in [1.54, 1.807) is 11.0 Å². The molecule has 6 heteroatoms. The third kappa shape index (κ3) is 5.18. The van der Waals surface area contributed by atoms with Crippen molar-refractivity contribution in [1.82, 2.24) is 0 Å². The van der Waals surface area contributed by atoms with E-state index in [-0.39, 0.29) is 11.1 Å². The monoisotopic (exact) mass is 366 g/mol. The lowest BCUT2D eigenvalue weighted by atomic mass is 9.92. The average molecular weight is 367 g/mol. The highest BCUT2D eigenvalue weighted by Crippen LogP contribution is 2.39. The van der Waals surface area contributed by atoms with E-state index in [2.05, 4.69) is 15.9 Å². The van der Waals surface area contributed by atoms with Gasteiger partial charge < -0.3 is 10.6 Å². The van der Waals surface area contributed by atoms with Gasteiger partial charge in [-0.15, -0.1) is 0 Å². The molecule has 0 saturated heterocycles. The van der Waals surface area contributed by atoms with Crippen molar-refractivity contribution in [3.8, 4) is 0 Å². The highest BCUT2D eigenvalue weighted by atomic mass is 79.9. The van der Waals surface area contributed by atoms with Gasteiger partial charge in [0.15, 0.2) is 0 Å². The summed E-state index contributed by atoms with van der Waals surface area (Å²) in [5, 5.41) is 0. The topological polar surface area (TPSA) is 29.3 Å². The summed E-state index contributed by atoms with van der Waals surface area (Å²) in [5.41, 5.74) is 5.08. The first kappa shape index (κ1) is 18.3. The van der Waals surface area contributed by atoms with Gasteiger partial charge in [-0.2, -0.15) is 13.2 Å². The van der Waals surface area contributed by atoms with E-state index in [1.807, 2.05) is 20.8 Å². The third-order valence-corrected chi connectivity index (χ3v) is 3.76. The van der Waals surface area contributed by atoms with Gasteiger partial charge in [-0.25, -0.2) is 0 Å². The molecule has 2 nitrogen and oxygen atoms in total. The Morgan fingerprint density at radius 1 is 1.24 bits per heavy atom. The Kier molecular flexibility index (Phi) is 6.11. The molecule has 120 valence electrons. The molecule has 0 unspecified atom stereocenters. The molecule has 0 heterocycles. The van der Waals surface area contributed by atoms with Crippen LogP contribution in [0.3, 0.4) is 0 Å². The number of hydrogen-bond donors (Lipinski definition) is 1. The Labute approximate surface area is 132 Å². The zero-order valence-electron chi connectivity index (χ0n) is 12.6. The molecular weight excluding hydrogens is 345 g/mol. The second-order valence-electron chi connectivity index (χ2n) is 5.95.